The second-order valence-corrected chi connectivity index (χ2v) is 9.45. The van der Waals surface area contributed by atoms with Gasteiger partial charge in [-0.05, 0) is 90.4 Å². The first kappa shape index (κ1) is 27.1. The molecule has 5 rings (SSSR count). The van der Waals surface area contributed by atoms with Crippen molar-refractivity contribution in [2.45, 2.75) is 25.7 Å². The lowest BCUT2D eigenvalue weighted by Gasteiger charge is -2.16. The van der Waals surface area contributed by atoms with Crippen LogP contribution in [0.5, 0.6) is 46.0 Å². The molecular weight excluding hydrogens is 508 g/mol. The Hall–Kier alpha value is -4.52. The Morgan fingerprint density at radius 3 is 1.95 bits per heavy atom. The van der Waals surface area contributed by atoms with E-state index in [-0.39, 0.29) is 6.79 Å². The minimum atomic E-state index is 0.214. The largest absolute Gasteiger partial charge is 0.497 e. The van der Waals surface area contributed by atoms with Crippen LogP contribution in [0.2, 0.25) is 0 Å². The molecule has 0 saturated carbocycles. The molecule has 0 spiro atoms. The zero-order valence-electron chi connectivity index (χ0n) is 23.3. The van der Waals surface area contributed by atoms with Crippen molar-refractivity contribution >= 4 is 0 Å². The Morgan fingerprint density at radius 2 is 1.23 bits per heavy atom. The van der Waals surface area contributed by atoms with E-state index in [0.29, 0.717) is 23.0 Å². The van der Waals surface area contributed by atoms with Gasteiger partial charge in [-0.25, -0.2) is 0 Å². The molecule has 0 aliphatic carbocycles. The minimum absolute atomic E-state index is 0.214. The van der Waals surface area contributed by atoms with Crippen LogP contribution in [0.15, 0.2) is 72.8 Å². The van der Waals surface area contributed by atoms with Crippen LogP contribution in [0.25, 0.3) is 0 Å². The van der Waals surface area contributed by atoms with Crippen LogP contribution in [0.4, 0.5) is 0 Å². The predicted octanol–water partition coefficient (Wildman–Crippen LogP) is 6.81. The quantitative estimate of drug-likeness (QED) is 0.195. The van der Waals surface area contributed by atoms with Crippen molar-refractivity contribution in [2.24, 2.45) is 0 Å². The highest BCUT2D eigenvalue weighted by atomic mass is 16.7. The van der Waals surface area contributed by atoms with Gasteiger partial charge in [0.1, 0.15) is 17.2 Å². The van der Waals surface area contributed by atoms with Crippen LogP contribution in [0, 0.1) is 0 Å². The summed E-state index contributed by atoms with van der Waals surface area (Å²) in [6.07, 6.45) is 3.25. The van der Waals surface area contributed by atoms with Crippen molar-refractivity contribution in [3.63, 3.8) is 0 Å². The molecule has 0 N–H and O–H groups in total. The predicted molar refractivity (Wildman–Crippen MR) is 153 cm³/mol. The van der Waals surface area contributed by atoms with Gasteiger partial charge in [0.2, 0.25) is 12.5 Å². The summed E-state index contributed by atoms with van der Waals surface area (Å²) in [5, 5.41) is 0. The number of hydrogen-bond donors (Lipinski definition) is 0. The Balaban J connectivity index is 1.31. The number of benzene rings is 4. The highest BCUT2D eigenvalue weighted by molar-refractivity contribution is 5.55. The molecule has 0 unspecified atom stereocenters. The summed E-state index contributed by atoms with van der Waals surface area (Å²) in [6, 6.07) is 24.1. The molecule has 7 heteroatoms. The lowest BCUT2D eigenvalue weighted by molar-refractivity contribution is 0.171. The molecule has 1 aliphatic heterocycles. The summed E-state index contributed by atoms with van der Waals surface area (Å²) >= 11 is 0. The molecule has 208 valence electrons. The maximum absolute atomic E-state index is 6.36. The molecule has 0 fully saturated rings. The van der Waals surface area contributed by atoms with Crippen molar-refractivity contribution < 1.29 is 33.2 Å². The highest BCUT2D eigenvalue weighted by Gasteiger charge is 2.20. The van der Waals surface area contributed by atoms with E-state index in [1.807, 2.05) is 48.5 Å². The molecule has 1 heterocycles. The van der Waals surface area contributed by atoms with Gasteiger partial charge in [0.25, 0.3) is 0 Å². The Morgan fingerprint density at radius 1 is 0.550 bits per heavy atom. The van der Waals surface area contributed by atoms with Crippen LogP contribution >= 0.6 is 0 Å². The van der Waals surface area contributed by atoms with Crippen LogP contribution < -0.4 is 33.2 Å². The number of methoxy groups -OCH3 is 4. The summed E-state index contributed by atoms with van der Waals surface area (Å²) in [5.74, 6) is 5.68. The van der Waals surface area contributed by atoms with E-state index in [1.54, 1.807) is 28.4 Å². The fraction of sp³-hybridized carbons (Fsp3) is 0.273. The van der Waals surface area contributed by atoms with Crippen molar-refractivity contribution in [1.82, 2.24) is 0 Å². The van der Waals surface area contributed by atoms with Gasteiger partial charge in [-0.15, -0.1) is 0 Å². The number of aryl methyl sites for hydroxylation is 4. The van der Waals surface area contributed by atoms with Gasteiger partial charge in [0.05, 0.1) is 28.4 Å². The smallest absolute Gasteiger partial charge is 0.231 e. The van der Waals surface area contributed by atoms with Crippen molar-refractivity contribution in [3.05, 3.63) is 95.1 Å². The first-order valence-electron chi connectivity index (χ1n) is 13.2. The molecular formula is C33H34O7. The molecule has 4 aromatic carbocycles. The van der Waals surface area contributed by atoms with E-state index >= 15 is 0 Å². The number of fused-ring (bicyclic) bond motifs is 1. The maximum Gasteiger partial charge on any atom is 0.231 e. The summed E-state index contributed by atoms with van der Waals surface area (Å²) in [6.45, 7) is 0.214. The molecule has 1 aliphatic rings. The zero-order valence-corrected chi connectivity index (χ0v) is 23.3. The molecule has 0 saturated heterocycles. The number of hydrogen-bond acceptors (Lipinski definition) is 7. The maximum atomic E-state index is 6.36. The lowest BCUT2D eigenvalue weighted by atomic mass is 10.0. The average Bonchev–Trinajstić information content (AvgIpc) is 3.48. The summed E-state index contributed by atoms with van der Waals surface area (Å²) in [4.78, 5) is 0. The van der Waals surface area contributed by atoms with E-state index in [9.17, 15) is 0 Å². The topological polar surface area (TPSA) is 64.6 Å². The van der Waals surface area contributed by atoms with Gasteiger partial charge in [0.15, 0.2) is 23.0 Å². The molecule has 40 heavy (non-hydrogen) atoms. The Labute approximate surface area is 235 Å². The van der Waals surface area contributed by atoms with E-state index < -0.39 is 0 Å². The first-order chi connectivity index (χ1) is 19.6. The fourth-order valence-corrected chi connectivity index (χ4v) is 4.82. The lowest BCUT2D eigenvalue weighted by Crippen LogP contribution is -1.99. The van der Waals surface area contributed by atoms with E-state index in [1.165, 1.54) is 5.56 Å². The second-order valence-electron chi connectivity index (χ2n) is 9.45. The molecule has 4 aromatic rings. The monoisotopic (exact) mass is 542 g/mol. The molecule has 0 atom stereocenters. The molecule has 0 bridgehead atoms. The van der Waals surface area contributed by atoms with Gasteiger partial charge in [-0.2, -0.15) is 0 Å². The van der Waals surface area contributed by atoms with Crippen molar-refractivity contribution in [3.8, 4) is 46.0 Å². The minimum Gasteiger partial charge on any atom is -0.497 e. The molecule has 0 amide bonds. The van der Waals surface area contributed by atoms with Crippen LogP contribution in [0.3, 0.4) is 0 Å². The standard InChI is InChI=1S/C33H34O7/c1-34-26-9-5-7-23(15-26)13-14-25-19-30(29(36-3)20-28(25)35-2)40-27-10-6-8-22(16-27)11-12-24-17-31(37-4)33-32(18-24)38-21-39-33/h5-10,15-20H,11-14,21H2,1-4H3. The SMILES string of the molecule is COc1cccc(CCc2cc(Oc3cccc(CCc4cc(OC)c5c(c4)OCO5)c3)c(OC)cc2OC)c1. The van der Waals surface area contributed by atoms with Gasteiger partial charge >= 0.3 is 0 Å². The molecule has 7 nitrogen and oxygen atoms in total. The third-order valence-electron chi connectivity index (χ3n) is 6.93. The Bertz CT molecular complexity index is 1460. The first-order valence-corrected chi connectivity index (χ1v) is 13.2. The third-order valence-corrected chi connectivity index (χ3v) is 6.93. The highest BCUT2D eigenvalue weighted by Crippen LogP contribution is 2.42. The van der Waals surface area contributed by atoms with Crippen LogP contribution in [-0.2, 0) is 25.7 Å². The molecule has 0 aromatic heterocycles. The molecule has 0 radical (unpaired) electrons. The zero-order chi connectivity index (χ0) is 27.9. The average molecular weight is 543 g/mol. The number of ether oxygens (including phenoxy) is 7. The van der Waals surface area contributed by atoms with E-state index in [0.717, 1.165) is 65.4 Å². The summed E-state index contributed by atoms with van der Waals surface area (Å²) in [7, 11) is 6.62. The summed E-state index contributed by atoms with van der Waals surface area (Å²) in [5.41, 5.74) is 4.49. The van der Waals surface area contributed by atoms with Gasteiger partial charge < -0.3 is 33.2 Å². The fourth-order valence-electron chi connectivity index (χ4n) is 4.82. The van der Waals surface area contributed by atoms with E-state index in [4.69, 9.17) is 33.2 Å². The van der Waals surface area contributed by atoms with Crippen molar-refractivity contribution in [2.75, 3.05) is 35.2 Å². The van der Waals surface area contributed by atoms with Crippen molar-refractivity contribution in [1.29, 1.82) is 0 Å². The normalized spacial score (nSPS) is 11.7. The van der Waals surface area contributed by atoms with Crippen LogP contribution in [0.1, 0.15) is 22.3 Å². The van der Waals surface area contributed by atoms with E-state index in [2.05, 4.69) is 24.3 Å². The summed E-state index contributed by atoms with van der Waals surface area (Å²) < 4.78 is 39.6. The van der Waals surface area contributed by atoms with Crippen LogP contribution in [-0.4, -0.2) is 35.2 Å². The second kappa shape index (κ2) is 12.6. The van der Waals surface area contributed by atoms with Gasteiger partial charge in [-0.1, -0.05) is 24.3 Å². The third kappa shape index (κ3) is 6.20. The van der Waals surface area contributed by atoms with Gasteiger partial charge in [-0.3, -0.25) is 0 Å². The number of rotatable bonds is 12. The Kier molecular flexibility index (Phi) is 8.50. The van der Waals surface area contributed by atoms with Gasteiger partial charge in [0, 0.05) is 6.07 Å².